The van der Waals surface area contributed by atoms with Crippen LogP contribution in [0.5, 0.6) is 0 Å². The van der Waals surface area contributed by atoms with E-state index in [9.17, 15) is 24.9 Å². The van der Waals surface area contributed by atoms with Gasteiger partial charge in [-0.1, -0.05) is 33.6 Å². The highest BCUT2D eigenvalue weighted by atomic mass is 35.5. The van der Waals surface area contributed by atoms with Gasteiger partial charge in [-0.15, -0.1) is 11.6 Å². The Morgan fingerprint density at radius 1 is 1.30 bits per heavy atom. The SMILES string of the molecule is CCCC[C@@]1(C)C(=O)CC[C@@H]2[C@@H]1[C@@H](O)C[C@@]1(C)[C@H]2C[C@@H](O)[C@]1(O)C(=O)CCl. The quantitative estimate of drug-likeness (QED) is 0.616. The maximum Gasteiger partial charge on any atom is 0.182 e. The summed E-state index contributed by atoms with van der Waals surface area (Å²) in [5.74, 6) is -1.04. The molecule has 3 fully saturated rings. The second kappa shape index (κ2) is 7.08. The van der Waals surface area contributed by atoms with Gasteiger partial charge < -0.3 is 15.3 Å². The fraction of sp³-hybridized carbons (Fsp3) is 0.905. The fourth-order valence-electron chi connectivity index (χ4n) is 6.89. The zero-order valence-corrected chi connectivity index (χ0v) is 17.3. The van der Waals surface area contributed by atoms with E-state index in [1.165, 1.54) is 0 Å². The molecule has 3 N–H and O–H groups in total. The number of hydrogen-bond acceptors (Lipinski definition) is 5. The summed E-state index contributed by atoms with van der Waals surface area (Å²) in [6.45, 7) is 5.88. The zero-order chi connectivity index (χ0) is 20.2. The van der Waals surface area contributed by atoms with Crippen LogP contribution in [0.15, 0.2) is 0 Å². The Balaban J connectivity index is 2.02. The number of Topliss-reactive ketones (excluding diaryl/α,β-unsaturated/α-hetero) is 2. The molecule has 3 aliphatic rings. The number of hydrogen-bond donors (Lipinski definition) is 3. The first-order valence-electron chi connectivity index (χ1n) is 10.3. The number of aliphatic hydroxyl groups is 3. The van der Waals surface area contributed by atoms with Gasteiger partial charge >= 0.3 is 0 Å². The first-order valence-corrected chi connectivity index (χ1v) is 10.8. The number of carbonyl (C=O) groups excluding carboxylic acids is 2. The van der Waals surface area contributed by atoms with Crippen molar-refractivity contribution in [2.45, 2.75) is 83.5 Å². The van der Waals surface area contributed by atoms with Crippen molar-refractivity contribution < 1.29 is 24.9 Å². The van der Waals surface area contributed by atoms with Crippen molar-refractivity contribution in [2.75, 3.05) is 5.88 Å². The molecule has 6 heteroatoms. The van der Waals surface area contributed by atoms with Crippen LogP contribution >= 0.6 is 11.6 Å². The van der Waals surface area contributed by atoms with E-state index < -0.39 is 34.4 Å². The number of ketones is 2. The number of unbranched alkanes of at least 4 members (excludes halogenated alkanes) is 1. The third-order valence-corrected chi connectivity index (χ3v) is 8.59. The normalized spacial score (nSPS) is 49.6. The summed E-state index contributed by atoms with van der Waals surface area (Å²) in [5, 5.41) is 33.1. The topological polar surface area (TPSA) is 94.8 Å². The maximum atomic E-state index is 12.9. The summed E-state index contributed by atoms with van der Waals surface area (Å²) in [6, 6.07) is 0. The van der Waals surface area contributed by atoms with Crippen molar-refractivity contribution in [3.05, 3.63) is 0 Å². The molecule has 3 rings (SSSR count). The molecular formula is C21H33ClO5. The van der Waals surface area contributed by atoms with Gasteiger partial charge in [0.25, 0.3) is 0 Å². The van der Waals surface area contributed by atoms with Crippen LogP contribution in [0.4, 0.5) is 0 Å². The first-order chi connectivity index (χ1) is 12.6. The number of halogens is 1. The Morgan fingerprint density at radius 3 is 2.56 bits per heavy atom. The average Bonchev–Trinajstić information content (AvgIpc) is 2.83. The Labute approximate surface area is 166 Å². The second-order valence-electron chi connectivity index (χ2n) is 9.54. The minimum Gasteiger partial charge on any atom is -0.393 e. The highest BCUT2D eigenvalue weighted by Gasteiger charge is 2.71. The Morgan fingerprint density at radius 2 is 1.96 bits per heavy atom. The van der Waals surface area contributed by atoms with Crippen molar-refractivity contribution >= 4 is 23.2 Å². The third-order valence-electron chi connectivity index (χ3n) is 8.35. The van der Waals surface area contributed by atoms with Gasteiger partial charge in [-0.25, -0.2) is 0 Å². The van der Waals surface area contributed by atoms with Gasteiger partial charge in [0.1, 0.15) is 5.78 Å². The Bertz CT molecular complexity index is 624. The summed E-state index contributed by atoms with van der Waals surface area (Å²) in [4.78, 5) is 25.4. The monoisotopic (exact) mass is 400 g/mol. The molecule has 0 saturated heterocycles. The third kappa shape index (κ3) is 2.76. The van der Waals surface area contributed by atoms with Crippen LogP contribution in [-0.2, 0) is 9.59 Å². The molecule has 8 atom stereocenters. The van der Waals surface area contributed by atoms with Gasteiger partial charge in [-0.3, -0.25) is 9.59 Å². The van der Waals surface area contributed by atoms with Crippen LogP contribution in [0, 0.1) is 28.6 Å². The molecule has 0 aromatic rings. The standard InChI is InChI=1S/C21H33ClO5/c1-4-5-8-19(2)15(24)7-6-12-13-9-16(25)21(27,17(26)11-22)20(13,3)10-14(23)18(12)19/h12-14,16,18,23,25,27H,4-11H2,1-3H3/t12-,13-,14-,16+,18+,19-,20-,21-/m0/s1. The zero-order valence-electron chi connectivity index (χ0n) is 16.6. The number of alkyl halides is 1. The number of fused-ring (bicyclic) bond motifs is 3. The molecule has 0 heterocycles. The Hall–Kier alpha value is -0.490. The molecule has 0 aromatic heterocycles. The van der Waals surface area contributed by atoms with Crippen LogP contribution in [-0.4, -0.2) is 50.6 Å². The molecule has 0 unspecified atom stereocenters. The second-order valence-corrected chi connectivity index (χ2v) is 9.81. The van der Waals surface area contributed by atoms with Crippen LogP contribution in [0.1, 0.15) is 65.7 Å². The van der Waals surface area contributed by atoms with E-state index in [1.807, 2.05) is 6.92 Å². The largest absolute Gasteiger partial charge is 0.393 e. The van der Waals surface area contributed by atoms with Crippen LogP contribution < -0.4 is 0 Å². The van der Waals surface area contributed by atoms with Crippen molar-refractivity contribution in [3.63, 3.8) is 0 Å². The van der Waals surface area contributed by atoms with Crippen LogP contribution in [0.2, 0.25) is 0 Å². The van der Waals surface area contributed by atoms with E-state index in [0.717, 1.165) is 19.3 Å². The smallest absolute Gasteiger partial charge is 0.182 e. The number of carbonyl (C=O) groups is 2. The molecule has 0 aliphatic heterocycles. The molecule has 27 heavy (non-hydrogen) atoms. The number of rotatable bonds is 5. The van der Waals surface area contributed by atoms with Gasteiger partial charge in [0.2, 0.25) is 0 Å². The maximum absolute atomic E-state index is 12.9. The minimum absolute atomic E-state index is 0.00473. The van der Waals surface area contributed by atoms with E-state index in [2.05, 4.69) is 6.92 Å². The molecule has 3 aliphatic carbocycles. The lowest BCUT2D eigenvalue weighted by Crippen LogP contribution is -2.64. The summed E-state index contributed by atoms with van der Waals surface area (Å²) < 4.78 is 0. The van der Waals surface area contributed by atoms with Gasteiger partial charge in [0.15, 0.2) is 11.4 Å². The van der Waals surface area contributed by atoms with E-state index in [0.29, 0.717) is 19.3 Å². The van der Waals surface area contributed by atoms with Crippen LogP contribution in [0.25, 0.3) is 0 Å². The van der Waals surface area contributed by atoms with Crippen molar-refractivity contribution in [1.82, 2.24) is 0 Å². The van der Waals surface area contributed by atoms with Crippen molar-refractivity contribution in [3.8, 4) is 0 Å². The molecule has 0 radical (unpaired) electrons. The summed E-state index contributed by atoms with van der Waals surface area (Å²) in [6.07, 6.45) is 2.28. The summed E-state index contributed by atoms with van der Waals surface area (Å²) in [7, 11) is 0. The van der Waals surface area contributed by atoms with E-state index in [4.69, 9.17) is 11.6 Å². The lowest BCUT2D eigenvalue weighted by Gasteiger charge is -2.58. The molecule has 0 spiro atoms. The molecule has 154 valence electrons. The lowest BCUT2D eigenvalue weighted by molar-refractivity contribution is -0.194. The van der Waals surface area contributed by atoms with E-state index in [1.54, 1.807) is 6.92 Å². The fourth-order valence-corrected chi connectivity index (χ4v) is 7.09. The highest BCUT2D eigenvalue weighted by Crippen LogP contribution is 2.65. The number of aliphatic hydroxyl groups excluding tert-OH is 2. The summed E-state index contributed by atoms with van der Waals surface area (Å²) in [5.41, 5.74) is -3.46. The summed E-state index contributed by atoms with van der Waals surface area (Å²) >= 11 is 5.75. The Kier molecular flexibility index (Phi) is 5.57. The molecule has 3 saturated carbocycles. The van der Waals surface area contributed by atoms with Crippen molar-refractivity contribution in [1.29, 1.82) is 0 Å². The van der Waals surface area contributed by atoms with Crippen LogP contribution in [0.3, 0.4) is 0 Å². The van der Waals surface area contributed by atoms with E-state index in [-0.39, 0.29) is 35.8 Å². The molecule has 0 aromatic carbocycles. The van der Waals surface area contributed by atoms with E-state index >= 15 is 0 Å². The van der Waals surface area contributed by atoms with Crippen molar-refractivity contribution in [2.24, 2.45) is 28.6 Å². The molecular weight excluding hydrogens is 368 g/mol. The van der Waals surface area contributed by atoms with Gasteiger partial charge in [-0.05, 0) is 37.5 Å². The molecule has 0 bridgehead atoms. The minimum atomic E-state index is -1.94. The molecule has 5 nitrogen and oxygen atoms in total. The predicted octanol–water partition coefficient (Wildman–Crippen LogP) is 2.47. The average molecular weight is 401 g/mol. The van der Waals surface area contributed by atoms with Gasteiger partial charge in [0, 0.05) is 23.2 Å². The van der Waals surface area contributed by atoms with Gasteiger partial charge in [-0.2, -0.15) is 0 Å². The first kappa shape index (κ1) is 21.2. The highest BCUT2D eigenvalue weighted by molar-refractivity contribution is 6.29. The molecule has 0 amide bonds. The predicted molar refractivity (Wildman–Crippen MR) is 102 cm³/mol. The van der Waals surface area contributed by atoms with Gasteiger partial charge in [0.05, 0.1) is 18.1 Å². The lowest BCUT2D eigenvalue weighted by atomic mass is 9.46.